The number of carbonyl (C=O) groups is 1. The number of aliphatic carboxylic acids is 1. The van der Waals surface area contributed by atoms with Crippen LogP contribution in [0.4, 0.5) is 0 Å². The van der Waals surface area contributed by atoms with Gasteiger partial charge in [0.1, 0.15) is 0 Å². The van der Waals surface area contributed by atoms with E-state index < -0.39 is 5.97 Å². The van der Waals surface area contributed by atoms with E-state index in [2.05, 4.69) is 0 Å². The highest BCUT2D eigenvalue weighted by Gasteiger charge is 1.88. The molecule has 2 heteroatoms. The fourth-order valence-electron chi connectivity index (χ4n) is 1.44. The minimum absolute atomic E-state index is 0.712. The Morgan fingerprint density at radius 2 is 1.74 bits per heavy atom. The van der Waals surface area contributed by atoms with E-state index in [4.69, 9.17) is 5.11 Å². The smallest absolute Gasteiger partial charge is 0.328 e. The van der Waals surface area contributed by atoms with Gasteiger partial charge in [-0.15, -0.1) is 0 Å². The summed E-state index contributed by atoms with van der Waals surface area (Å²) >= 11 is 0. The molecule has 0 saturated heterocycles. The lowest BCUT2D eigenvalue weighted by atomic mass is 10.1. The summed E-state index contributed by atoms with van der Waals surface area (Å²) in [5, 5.41) is 8.57. The summed E-state index contributed by atoms with van der Waals surface area (Å²) in [5.74, 6) is -0.924. The van der Waals surface area contributed by atoms with Gasteiger partial charge < -0.3 is 5.11 Å². The number of hydrogen-bond acceptors (Lipinski definition) is 1. The first-order chi connectivity index (χ1) is 9.08. The van der Waals surface area contributed by atoms with Crippen molar-refractivity contribution < 1.29 is 9.90 Å². The Balaban J connectivity index is 2.61. The maximum absolute atomic E-state index is 10.4. The molecule has 0 atom stereocenters. The third-order valence-corrected chi connectivity index (χ3v) is 2.41. The lowest BCUT2D eigenvalue weighted by molar-refractivity contribution is -0.131. The van der Waals surface area contributed by atoms with Crippen molar-refractivity contribution in [2.75, 3.05) is 0 Å². The summed E-state index contributed by atoms with van der Waals surface area (Å²) < 4.78 is 0. The monoisotopic (exact) mass is 254 g/mol. The summed E-state index contributed by atoms with van der Waals surface area (Å²) in [4.78, 5) is 10.4. The average molecular weight is 254 g/mol. The van der Waals surface area contributed by atoms with E-state index in [9.17, 15) is 4.79 Å². The van der Waals surface area contributed by atoms with Crippen molar-refractivity contribution in [2.24, 2.45) is 0 Å². The fraction of sp³-hybridized carbons (Fsp3) is 0.118. The van der Waals surface area contributed by atoms with Crippen LogP contribution in [0, 0.1) is 0 Å². The topological polar surface area (TPSA) is 37.3 Å². The van der Waals surface area contributed by atoms with Gasteiger partial charge in [0.2, 0.25) is 0 Å². The van der Waals surface area contributed by atoms with Crippen LogP contribution < -0.4 is 0 Å². The van der Waals surface area contributed by atoms with Gasteiger partial charge in [-0.2, -0.15) is 0 Å². The lowest BCUT2D eigenvalue weighted by Gasteiger charge is -1.92. The van der Waals surface area contributed by atoms with Gasteiger partial charge in [0.15, 0.2) is 0 Å². The van der Waals surface area contributed by atoms with E-state index in [0.29, 0.717) is 5.57 Å². The van der Waals surface area contributed by atoms with Crippen molar-refractivity contribution in [3.8, 4) is 0 Å². The molecule has 0 saturated carbocycles. The van der Waals surface area contributed by atoms with Crippen LogP contribution in [-0.4, -0.2) is 11.1 Å². The van der Waals surface area contributed by atoms with Crippen LogP contribution in [0.15, 0.2) is 71.9 Å². The summed E-state index contributed by atoms with van der Waals surface area (Å²) in [7, 11) is 0. The van der Waals surface area contributed by atoms with Gasteiger partial charge in [-0.05, 0) is 25.0 Å². The maximum Gasteiger partial charge on any atom is 0.328 e. The fourth-order valence-corrected chi connectivity index (χ4v) is 1.44. The van der Waals surface area contributed by atoms with Crippen LogP contribution in [0.3, 0.4) is 0 Å². The molecular weight excluding hydrogens is 236 g/mol. The van der Waals surface area contributed by atoms with Crippen molar-refractivity contribution in [1.82, 2.24) is 0 Å². The Morgan fingerprint density at radius 3 is 2.37 bits per heavy atom. The second-order valence-corrected chi connectivity index (χ2v) is 4.24. The molecule has 1 aromatic carbocycles. The first-order valence-electron chi connectivity index (χ1n) is 6.07. The second-order valence-electron chi connectivity index (χ2n) is 4.24. The van der Waals surface area contributed by atoms with Crippen LogP contribution in [0.25, 0.3) is 6.08 Å². The molecule has 0 aliphatic heterocycles. The minimum Gasteiger partial charge on any atom is -0.478 e. The van der Waals surface area contributed by atoms with Crippen molar-refractivity contribution in [1.29, 1.82) is 0 Å². The molecule has 19 heavy (non-hydrogen) atoms. The van der Waals surface area contributed by atoms with Crippen LogP contribution in [0.1, 0.15) is 19.4 Å². The normalized spacial score (nSPS) is 13.4. The van der Waals surface area contributed by atoms with Crippen molar-refractivity contribution in [3.63, 3.8) is 0 Å². The second kappa shape index (κ2) is 7.88. The molecule has 1 N–H and O–H groups in total. The Labute approximate surface area is 114 Å². The molecule has 0 radical (unpaired) electrons. The van der Waals surface area contributed by atoms with E-state index in [1.165, 1.54) is 6.08 Å². The van der Waals surface area contributed by atoms with Gasteiger partial charge in [0.25, 0.3) is 0 Å². The van der Waals surface area contributed by atoms with Gasteiger partial charge in [-0.25, -0.2) is 4.79 Å². The Bertz CT molecular complexity index is 532. The molecule has 98 valence electrons. The van der Waals surface area contributed by atoms with Gasteiger partial charge in [-0.3, -0.25) is 0 Å². The number of carboxylic acid groups (broad SMARTS) is 1. The Morgan fingerprint density at radius 1 is 1.05 bits per heavy atom. The molecule has 0 aliphatic rings. The summed E-state index contributed by atoms with van der Waals surface area (Å²) in [5.41, 5.74) is 2.97. The van der Waals surface area contributed by atoms with Gasteiger partial charge >= 0.3 is 5.97 Å². The summed E-state index contributed by atoms with van der Waals surface area (Å²) in [6.07, 6.45) is 10.8. The molecule has 1 rings (SSSR count). The van der Waals surface area contributed by atoms with Crippen LogP contribution in [0.2, 0.25) is 0 Å². The lowest BCUT2D eigenvalue weighted by Crippen LogP contribution is -1.87. The number of rotatable bonds is 5. The highest BCUT2D eigenvalue weighted by atomic mass is 16.4. The SMILES string of the molecule is CC(=C/C(=O)O)/C=C/C=C(C)/C=C/c1ccccc1. The molecule has 1 aromatic rings. The van der Waals surface area contributed by atoms with Crippen LogP contribution in [0.5, 0.6) is 0 Å². The largest absolute Gasteiger partial charge is 0.478 e. The zero-order chi connectivity index (χ0) is 14.1. The first kappa shape index (κ1) is 14.7. The quantitative estimate of drug-likeness (QED) is 0.630. The average Bonchev–Trinajstić information content (AvgIpc) is 2.36. The molecular formula is C17H18O2. The van der Waals surface area contributed by atoms with E-state index in [1.807, 2.05) is 61.6 Å². The Hall–Kier alpha value is -2.35. The van der Waals surface area contributed by atoms with Crippen molar-refractivity contribution in [3.05, 3.63) is 77.4 Å². The molecule has 0 bridgehead atoms. The Kier molecular flexibility index (Phi) is 6.10. The van der Waals surface area contributed by atoms with Gasteiger partial charge in [0, 0.05) is 6.08 Å². The summed E-state index contributed by atoms with van der Waals surface area (Å²) in [6.45, 7) is 3.76. The standard InChI is InChI=1S/C17H18O2/c1-14(7-6-8-15(2)13-17(18)19)11-12-16-9-4-3-5-10-16/h3-13H,1-2H3,(H,18,19)/b8-6+,12-11+,14-7+,15-13-. The minimum atomic E-state index is -0.924. The molecule has 0 heterocycles. The van der Waals surface area contributed by atoms with Crippen molar-refractivity contribution in [2.45, 2.75) is 13.8 Å². The molecule has 0 unspecified atom stereocenters. The number of hydrogen-bond donors (Lipinski definition) is 1. The third kappa shape index (κ3) is 6.84. The predicted molar refractivity (Wildman–Crippen MR) is 79.8 cm³/mol. The molecule has 2 nitrogen and oxygen atoms in total. The van der Waals surface area contributed by atoms with E-state index in [0.717, 1.165) is 11.1 Å². The van der Waals surface area contributed by atoms with Gasteiger partial charge in [0.05, 0.1) is 0 Å². The van der Waals surface area contributed by atoms with Crippen LogP contribution >= 0.6 is 0 Å². The van der Waals surface area contributed by atoms with E-state index >= 15 is 0 Å². The number of benzene rings is 1. The highest BCUT2D eigenvalue weighted by molar-refractivity contribution is 5.81. The van der Waals surface area contributed by atoms with Gasteiger partial charge in [-0.1, -0.05) is 66.3 Å². The van der Waals surface area contributed by atoms with E-state index in [-0.39, 0.29) is 0 Å². The van der Waals surface area contributed by atoms with Crippen LogP contribution in [-0.2, 0) is 4.79 Å². The first-order valence-corrected chi connectivity index (χ1v) is 6.07. The number of allylic oxidation sites excluding steroid dienone is 6. The number of carboxylic acids is 1. The maximum atomic E-state index is 10.4. The van der Waals surface area contributed by atoms with Crippen molar-refractivity contribution >= 4 is 12.0 Å². The zero-order valence-electron chi connectivity index (χ0n) is 11.2. The molecule has 0 aliphatic carbocycles. The summed E-state index contributed by atoms with van der Waals surface area (Å²) in [6, 6.07) is 10.1. The predicted octanol–water partition coefficient (Wildman–Crippen LogP) is 4.23. The molecule has 0 spiro atoms. The zero-order valence-corrected chi connectivity index (χ0v) is 11.2. The molecule has 0 fully saturated rings. The highest BCUT2D eigenvalue weighted by Crippen LogP contribution is 2.05. The molecule has 0 amide bonds. The molecule has 0 aromatic heterocycles. The van der Waals surface area contributed by atoms with E-state index in [1.54, 1.807) is 13.0 Å². The third-order valence-electron chi connectivity index (χ3n) is 2.41.